The van der Waals surface area contributed by atoms with E-state index in [-0.39, 0.29) is 0 Å². The van der Waals surface area contributed by atoms with Crippen molar-refractivity contribution in [3.05, 3.63) is 69.4 Å². The predicted octanol–water partition coefficient (Wildman–Crippen LogP) is 4.18. The minimum Gasteiger partial charge on any atom is -0.309 e. The first-order valence-electron chi connectivity index (χ1n) is 5.60. The van der Waals surface area contributed by atoms with Gasteiger partial charge in [0, 0.05) is 0 Å². The van der Waals surface area contributed by atoms with E-state index < -0.39 is 23.5 Å². The second-order valence-electron chi connectivity index (χ2n) is 4.04. The molecule has 0 aliphatic rings. The maximum Gasteiger partial charge on any atom is 0.159 e. The largest absolute Gasteiger partial charge is 0.309 e. The maximum atomic E-state index is 13.5. The third-order valence-corrected chi connectivity index (χ3v) is 3.69. The van der Waals surface area contributed by atoms with Gasteiger partial charge in [0.1, 0.15) is 5.82 Å². The van der Waals surface area contributed by atoms with Gasteiger partial charge in [-0.1, -0.05) is 18.2 Å². The minimum atomic E-state index is -0.926. The molecule has 0 aliphatic heterocycles. The van der Waals surface area contributed by atoms with E-state index in [9.17, 15) is 13.2 Å². The molecule has 1 nitrogen and oxygen atoms in total. The number of halogens is 4. The molecule has 0 amide bonds. The molecule has 0 heterocycles. The van der Waals surface area contributed by atoms with Gasteiger partial charge in [-0.3, -0.25) is 0 Å². The van der Waals surface area contributed by atoms with Crippen LogP contribution in [-0.2, 0) is 0 Å². The first-order chi connectivity index (χ1) is 9.04. The van der Waals surface area contributed by atoms with Gasteiger partial charge in [0.25, 0.3) is 0 Å². The van der Waals surface area contributed by atoms with Crippen LogP contribution >= 0.6 is 15.9 Å². The normalized spacial score (nSPS) is 12.5. The Kier molecular flexibility index (Phi) is 4.27. The third-order valence-electron chi connectivity index (χ3n) is 2.86. The Morgan fingerprint density at radius 3 is 2.37 bits per heavy atom. The highest BCUT2D eigenvalue weighted by molar-refractivity contribution is 9.10. The molecule has 0 radical (unpaired) electrons. The molecule has 0 saturated heterocycles. The van der Waals surface area contributed by atoms with Gasteiger partial charge in [-0.25, -0.2) is 13.2 Å². The molecule has 1 N–H and O–H groups in total. The highest BCUT2D eigenvalue weighted by Gasteiger charge is 2.18. The van der Waals surface area contributed by atoms with Crippen molar-refractivity contribution in [2.24, 2.45) is 0 Å². The molecule has 2 aromatic carbocycles. The molecule has 2 aromatic rings. The molecule has 0 spiro atoms. The van der Waals surface area contributed by atoms with Crippen LogP contribution in [0.15, 0.2) is 40.9 Å². The fraction of sp³-hybridized carbons (Fsp3) is 0.143. The van der Waals surface area contributed by atoms with E-state index in [1.54, 1.807) is 19.2 Å². The van der Waals surface area contributed by atoms with E-state index in [1.807, 2.05) is 0 Å². The van der Waals surface area contributed by atoms with Gasteiger partial charge in [-0.05, 0) is 52.3 Å². The van der Waals surface area contributed by atoms with Gasteiger partial charge in [-0.15, -0.1) is 0 Å². The smallest absolute Gasteiger partial charge is 0.159 e. The van der Waals surface area contributed by atoms with Crippen LogP contribution in [0.5, 0.6) is 0 Å². The molecule has 0 aromatic heterocycles. The first kappa shape index (κ1) is 14.1. The van der Waals surface area contributed by atoms with E-state index in [4.69, 9.17) is 0 Å². The summed E-state index contributed by atoms with van der Waals surface area (Å²) < 4.78 is 40.1. The topological polar surface area (TPSA) is 12.0 Å². The van der Waals surface area contributed by atoms with Gasteiger partial charge in [0.2, 0.25) is 0 Å². The summed E-state index contributed by atoms with van der Waals surface area (Å²) >= 11 is 3.17. The van der Waals surface area contributed by atoms with Crippen molar-refractivity contribution >= 4 is 15.9 Å². The van der Waals surface area contributed by atoms with Gasteiger partial charge in [-0.2, -0.15) is 0 Å². The Hall–Kier alpha value is -1.33. The molecule has 5 heteroatoms. The molecule has 2 rings (SSSR count). The van der Waals surface area contributed by atoms with Crippen molar-refractivity contribution in [3.8, 4) is 0 Å². The maximum absolute atomic E-state index is 13.5. The van der Waals surface area contributed by atoms with Crippen molar-refractivity contribution in [2.45, 2.75) is 6.04 Å². The molecule has 0 bridgehead atoms. The molecule has 100 valence electrons. The predicted molar refractivity (Wildman–Crippen MR) is 71.4 cm³/mol. The summed E-state index contributed by atoms with van der Waals surface area (Å²) in [4.78, 5) is 0. The standard InChI is InChI=1S/C14H11BrF3N/c1-19-14(8-5-6-10(16)12(18)7-8)9-3-2-4-11(17)13(9)15/h2-7,14,19H,1H3. The minimum absolute atomic E-state index is 0.305. The van der Waals surface area contributed by atoms with Gasteiger partial charge in [0.15, 0.2) is 11.6 Å². The zero-order chi connectivity index (χ0) is 14.0. The lowest BCUT2D eigenvalue weighted by Gasteiger charge is -2.19. The number of hydrogen-bond acceptors (Lipinski definition) is 1. The van der Waals surface area contributed by atoms with E-state index in [1.165, 1.54) is 12.1 Å². The van der Waals surface area contributed by atoms with E-state index >= 15 is 0 Å². The average molecular weight is 330 g/mol. The lowest BCUT2D eigenvalue weighted by atomic mass is 9.98. The Balaban J connectivity index is 2.50. The second kappa shape index (κ2) is 5.75. The number of rotatable bonds is 3. The first-order valence-corrected chi connectivity index (χ1v) is 6.40. The van der Waals surface area contributed by atoms with E-state index in [0.717, 1.165) is 12.1 Å². The Morgan fingerprint density at radius 1 is 1.00 bits per heavy atom. The zero-order valence-electron chi connectivity index (χ0n) is 10.1. The van der Waals surface area contributed by atoms with Crippen LogP contribution in [0.25, 0.3) is 0 Å². The van der Waals surface area contributed by atoms with Gasteiger partial charge >= 0.3 is 0 Å². The highest BCUT2D eigenvalue weighted by Crippen LogP contribution is 2.30. The summed E-state index contributed by atoms with van der Waals surface area (Å²) in [6, 6.07) is 7.81. The fourth-order valence-corrected chi connectivity index (χ4v) is 2.43. The van der Waals surface area contributed by atoms with Gasteiger partial charge < -0.3 is 5.32 Å². The van der Waals surface area contributed by atoms with Crippen LogP contribution < -0.4 is 5.32 Å². The highest BCUT2D eigenvalue weighted by atomic mass is 79.9. The Morgan fingerprint density at radius 2 is 1.74 bits per heavy atom. The average Bonchev–Trinajstić information content (AvgIpc) is 2.39. The van der Waals surface area contributed by atoms with Crippen LogP contribution in [-0.4, -0.2) is 7.05 Å². The third kappa shape index (κ3) is 2.82. The monoisotopic (exact) mass is 329 g/mol. The number of hydrogen-bond donors (Lipinski definition) is 1. The lowest BCUT2D eigenvalue weighted by molar-refractivity contribution is 0.504. The van der Waals surface area contributed by atoms with Crippen LogP contribution in [0.4, 0.5) is 13.2 Å². The van der Waals surface area contributed by atoms with Gasteiger partial charge in [0.05, 0.1) is 10.5 Å². The summed E-state index contributed by atoms with van der Waals surface area (Å²) in [6.45, 7) is 0. The summed E-state index contributed by atoms with van der Waals surface area (Å²) in [6.07, 6.45) is 0. The zero-order valence-corrected chi connectivity index (χ0v) is 11.6. The van der Waals surface area contributed by atoms with Crippen LogP contribution in [0, 0.1) is 17.5 Å². The van der Waals surface area contributed by atoms with E-state index in [2.05, 4.69) is 21.2 Å². The summed E-state index contributed by atoms with van der Waals surface area (Å²) in [5.41, 5.74) is 1.14. The quantitative estimate of drug-likeness (QED) is 0.890. The molecule has 0 fully saturated rings. The summed E-state index contributed by atoms with van der Waals surface area (Å²) in [5, 5.41) is 2.96. The SMILES string of the molecule is CNC(c1ccc(F)c(F)c1)c1cccc(F)c1Br. The van der Waals surface area contributed by atoms with Crippen molar-refractivity contribution < 1.29 is 13.2 Å². The second-order valence-corrected chi connectivity index (χ2v) is 4.83. The molecule has 1 unspecified atom stereocenters. The Labute approximate surface area is 117 Å². The molecular weight excluding hydrogens is 319 g/mol. The van der Waals surface area contributed by atoms with Crippen molar-refractivity contribution in [3.63, 3.8) is 0 Å². The van der Waals surface area contributed by atoms with Crippen molar-refractivity contribution in [1.82, 2.24) is 5.32 Å². The molecule has 19 heavy (non-hydrogen) atoms. The Bertz CT molecular complexity index is 601. The van der Waals surface area contributed by atoms with Crippen LogP contribution in [0.2, 0.25) is 0 Å². The van der Waals surface area contributed by atoms with Crippen molar-refractivity contribution in [1.29, 1.82) is 0 Å². The summed E-state index contributed by atoms with van der Waals surface area (Å²) in [7, 11) is 1.67. The molecule has 0 saturated carbocycles. The van der Waals surface area contributed by atoms with E-state index in [0.29, 0.717) is 15.6 Å². The molecule has 0 aliphatic carbocycles. The van der Waals surface area contributed by atoms with Crippen LogP contribution in [0.3, 0.4) is 0 Å². The summed E-state index contributed by atoms with van der Waals surface area (Å²) in [5.74, 6) is -2.23. The molecule has 1 atom stereocenters. The van der Waals surface area contributed by atoms with Crippen molar-refractivity contribution in [2.75, 3.05) is 7.05 Å². The fourth-order valence-electron chi connectivity index (χ4n) is 1.94. The lowest BCUT2D eigenvalue weighted by Crippen LogP contribution is -2.18. The van der Waals surface area contributed by atoms with Crippen LogP contribution in [0.1, 0.15) is 17.2 Å². The molecular formula is C14H11BrF3N. The number of nitrogens with one attached hydrogen (secondary N) is 1. The number of benzene rings is 2.